The number of anilines is 1. The Morgan fingerprint density at radius 2 is 1.89 bits per heavy atom. The van der Waals surface area contributed by atoms with Gasteiger partial charge in [0, 0.05) is 29.9 Å². The number of pyridine rings is 1. The number of benzene rings is 1. The minimum Gasteiger partial charge on any atom is -0.481 e. The van der Waals surface area contributed by atoms with Gasteiger partial charge in [-0.15, -0.1) is 0 Å². The fraction of sp³-hybridized carbons (Fsp3) is 0.333. The van der Waals surface area contributed by atoms with Crippen molar-refractivity contribution in [3.63, 3.8) is 0 Å². The summed E-state index contributed by atoms with van der Waals surface area (Å²) in [4.78, 5) is 53.8. The first-order valence-electron chi connectivity index (χ1n) is 9.11. The molecule has 28 heavy (non-hydrogen) atoms. The van der Waals surface area contributed by atoms with Gasteiger partial charge < -0.3 is 15.0 Å². The van der Waals surface area contributed by atoms with Crippen LogP contribution in [0.4, 0.5) is 5.69 Å². The highest BCUT2D eigenvalue weighted by molar-refractivity contribution is 6.10. The highest BCUT2D eigenvalue weighted by Gasteiger charge is 2.38. The van der Waals surface area contributed by atoms with Gasteiger partial charge in [0.25, 0.3) is 11.5 Å². The summed E-state index contributed by atoms with van der Waals surface area (Å²) >= 11 is 0. The number of hydrogen-bond acceptors (Lipinski definition) is 4. The Hall–Kier alpha value is -3.22. The molecule has 7 heteroatoms. The molecule has 1 aliphatic heterocycles. The van der Waals surface area contributed by atoms with Crippen LogP contribution in [-0.4, -0.2) is 34.3 Å². The second kappa shape index (κ2) is 6.15. The Morgan fingerprint density at radius 1 is 1.18 bits per heavy atom. The maximum Gasteiger partial charge on any atom is 0.312 e. The van der Waals surface area contributed by atoms with Gasteiger partial charge in [0.2, 0.25) is 0 Å². The Labute approximate surface area is 161 Å². The molecule has 1 unspecified atom stereocenters. The highest BCUT2D eigenvalue weighted by Crippen LogP contribution is 2.37. The first-order valence-corrected chi connectivity index (χ1v) is 9.11. The first-order chi connectivity index (χ1) is 13.2. The summed E-state index contributed by atoms with van der Waals surface area (Å²) in [6, 6.07) is 8.13. The molecule has 0 radical (unpaired) electrons. The van der Waals surface area contributed by atoms with Crippen LogP contribution >= 0.6 is 0 Å². The van der Waals surface area contributed by atoms with Crippen molar-refractivity contribution < 1.29 is 19.5 Å². The lowest BCUT2D eigenvalue weighted by molar-refractivity contribution is -0.138. The van der Waals surface area contributed by atoms with Crippen molar-refractivity contribution in [1.29, 1.82) is 0 Å². The van der Waals surface area contributed by atoms with Crippen LogP contribution in [0.2, 0.25) is 0 Å². The van der Waals surface area contributed by atoms with E-state index in [0.29, 0.717) is 35.3 Å². The fourth-order valence-electron chi connectivity index (χ4n) is 4.14. The minimum atomic E-state index is -1.03. The minimum absolute atomic E-state index is 0.0506. The number of carboxylic acids is 1. The van der Waals surface area contributed by atoms with Gasteiger partial charge in [0.15, 0.2) is 5.78 Å². The Kier molecular flexibility index (Phi) is 3.99. The van der Waals surface area contributed by atoms with Crippen LogP contribution in [0.15, 0.2) is 35.1 Å². The van der Waals surface area contributed by atoms with E-state index >= 15 is 0 Å². The number of aromatic amines is 1. The number of fused-ring (bicyclic) bond motifs is 2. The number of rotatable bonds is 2. The molecule has 0 spiro atoms. The third kappa shape index (κ3) is 2.83. The summed E-state index contributed by atoms with van der Waals surface area (Å²) in [5, 5.41) is 9.48. The van der Waals surface area contributed by atoms with E-state index in [0.717, 1.165) is 0 Å². The molecule has 144 valence electrons. The van der Waals surface area contributed by atoms with Crippen molar-refractivity contribution >= 4 is 23.3 Å². The van der Waals surface area contributed by atoms with Crippen molar-refractivity contribution in [1.82, 2.24) is 4.98 Å². The predicted octanol–water partition coefficient (Wildman–Crippen LogP) is 2.36. The van der Waals surface area contributed by atoms with Gasteiger partial charge in [0.1, 0.15) is 11.5 Å². The molecular formula is C21H20N2O5. The number of aliphatic carboxylic acids is 1. The number of carbonyl (C=O) groups excluding carboxylic acids is 2. The van der Waals surface area contributed by atoms with Crippen molar-refractivity contribution in [2.75, 3.05) is 11.4 Å². The lowest BCUT2D eigenvalue weighted by atomic mass is 9.75. The average molecular weight is 380 g/mol. The summed E-state index contributed by atoms with van der Waals surface area (Å²) in [6.07, 6.45) is 0.888. The summed E-state index contributed by atoms with van der Waals surface area (Å²) in [6.45, 7) is 3.86. The Bertz CT molecular complexity index is 1080. The van der Waals surface area contributed by atoms with Crippen molar-refractivity contribution in [2.45, 2.75) is 32.6 Å². The molecule has 0 saturated heterocycles. The quantitative estimate of drug-likeness (QED) is 0.832. The van der Waals surface area contributed by atoms with E-state index in [1.165, 1.54) is 11.0 Å². The van der Waals surface area contributed by atoms with E-state index in [2.05, 4.69) is 4.98 Å². The third-order valence-corrected chi connectivity index (χ3v) is 5.46. The lowest BCUT2D eigenvalue weighted by Crippen LogP contribution is -2.37. The van der Waals surface area contributed by atoms with Crippen LogP contribution < -0.4 is 10.5 Å². The van der Waals surface area contributed by atoms with Crippen LogP contribution in [0.25, 0.3) is 0 Å². The molecular weight excluding hydrogens is 360 g/mol. The zero-order valence-electron chi connectivity index (χ0n) is 15.6. The lowest BCUT2D eigenvalue weighted by Gasteiger charge is -2.30. The molecule has 7 nitrogen and oxygen atoms in total. The van der Waals surface area contributed by atoms with E-state index in [-0.39, 0.29) is 23.3 Å². The number of nitrogens with one attached hydrogen (secondary N) is 1. The molecule has 2 aliphatic rings. The summed E-state index contributed by atoms with van der Waals surface area (Å²) in [5.41, 5.74) is 0.969. The monoisotopic (exact) mass is 380 g/mol. The molecule has 2 aromatic rings. The Balaban J connectivity index is 1.76. The number of carbonyl (C=O) groups is 3. The van der Waals surface area contributed by atoms with Gasteiger partial charge in [-0.25, -0.2) is 0 Å². The molecule has 2 N–H and O–H groups in total. The van der Waals surface area contributed by atoms with Crippen LogP contribution in [0, 0.1) is 5.41 Å². The highest BCUT2D eigenvalue weighted by atomic mass is 16.4. The molecule has 1 aromatic carbocycles. The van der Waals surface area contributed by atoms with Gasteiger partial charge in [-0.2, -0.15) is 0 Å². The van der Waals surface area contributed by atoms with Gasteiger partial charge in [-0.05, 0) is 29.5 Å². The molecule has 4 rings (SSSR count). The second-order valence-corrected chi connectivity index (χ2v) is 8.21. The van der Waals surface area contributed by atoms with Crippen LogP contribution in [0.1, 0.15) is 58.2 Å². The maximum atomic E-state index is 13.1. The third-order valence-electron chi connectivity index (χ3n) is 5.46. The molecule has 0 saturated carbocycles. The standard InChI is InChI=1S/C21H20N2O5/c1-21(2)8-15-12(17(24)9-21)7-13(18(25)22-15)19(26)23-10-14(20(27)28)11-5-3-4-6-16(11)23/h3-7,14H,8-10H2,1-2H3,(H,22,25)(H,27,28). The first kappa shape index (κ1) is 18.2. The number of H-pyrrole nitrogens is 1. The molecule has 1 atom stereocenters. The smallest absolute Gasteiger partial charge is 0.312 e. The van der Waals surface area contributed by atoms with Crippen LogP contribution in [-0.2, 0) is 11.2 Å². The van der Waals surface area contributed by atoms with Crippen LogP contribution in [0.3, 0.4) is 0 Å². The predicted molar refractivity (Wildman–Crippen MR) is 102 cm³/mol. The number of carboxylic acid groups (broad SMARTS) is 1. The largest absolute Gasteiger partial charge is 0.481 e. The topological polar surface area (TPSA) is 108 Å². The van der Waals surface area contributed by atoms with E-state index in [1.54, 1.807) is 24.3 Å². The van der Waals surface area contributed by atoms with E-state index in [1.807, 2.05) is 13.8 Å². The van der Waals surface area contributed by atoms with Crippen molar-refractivity contribution in [2.24, 2.45) is 5.41 Å². The van der Waals surface area contributed by atoms with E-state index in [9.17, 15) is 24.3 Å². The number of para-hydroxylation sites is 1. The number of Topliss-reactive ketones (excluding diaryl/α,β-unsaturated/α-hetero) is 1. The van der Waals surface area contributed by atoms with Crippen molar-refractivity contribution in [3.05, 3.63) is 63.1 Å². The molecule has 1 amide bonds. The summed E-state index contributed by atoms with van der Waals surface area (Å²) in [7, 11) is 0. The van der Waals surface area contributed by atoms with Crippen LogP contribution in [0.5, 0.6) is 0 Å². The number of nitrogens with zero attached hydrogens (tertiary/aromatic N) is 1. The van der Waals surface area contributed by atoms with Gasteiger partial charge in [0.05, 0.1) is 0 Å². The normalized spacial score (nSPS) is 19.9. The molecule has 0 bridgehead atoms. The number of amides is 1. The number of hydrogen-bond donors (Lipinski definition) is 2. The van der Waals surface area contributed by atoms with E-state index in [4.69, 9.17) is 0 Å². The maximum absolute atomic E-state index is 13.1. The molecule has 1 aliphatic carbocycles. The average Bonchev–Trinajstić information content (AvgIpc) is 2.99. The number of aromatic nitrogens is 1. The van der Waals surface area contributed by atoms with Gasteiger partial charge in [-0.1, -0.05) is 32.0 Å². The fourth-order valence-corrected chi connectivity index (χ4v) is 4.14. The van der Waals surface area contributed by atoms with Gasteiger partial charge >= 0.3 is 5.97 Å². The van der Waals surface area contributed by atoms with Crippen molar-refractivity contribution in [3.8, 4) is 0 Å². The second-order valence-electron chi connectivity index (χ2n) is 8.21. The molecule has 0 fully saturated rings. The summed E-state index contributed by atoms with van der Waals surface area (Å²) < 4.78 is 0. The molecule has 2 heterocycles. The number of ketones is 1. The summed E-state index contributed by atoms with van der Waals surface area (Å²) in [5.74, 6) is -2.58. The Morgan fingerprint density at radius 3 is 2.61 bits per heavy atom. The van der Waals surface area contributed by atoms with Gasteiger partial charge in [-0.3, -0.25) is 19.2 Å². The van der Waals surface area contributed by atoms with E-state index < -0.39 is 23.4 Å². The SMILES string of the molecule is CC1(C)CC(=O)c2cc(C(=O)N3CC(C(=O)O)c4ccccc43)c(=O)[nH]c2C1. The molecule has 1 aromatic heterocycles. The zero-order valence-corrected chi connectivity index (χ0v) is 15.6. The zero-order chi connectivity index (χ0) is 20.2.